The first-order valence-electron chi connectivity index (χ1n) is 7.28. The molecule has 0 fully saturated rings. The van der Waals surface area contributed by atoms with Gasteiger partial charge < -0.3 is 0 Å². The number of carbonyl (C=O) groups is 1. The molecule has 1 aliphatic rings. The lowest BCUT2D eigenvalue weighted by molar-refractivity contribution is 0.104. The molecular formula is C18H11BrN4O. The van der Waals surface area contributed by atoms with Crippen LogP contribution in [0, 0.1) is 0 Å². The molecule has 0 atom stereocenters. The van der Waals surface area contributed by atoms with E-state index < -0.39 is 0 Å². The van der Waals surface area contributed by atoms with Gasteiger partial charge in [-0.3, -0.25) is 4.79 Å². The first-order chi connectivity index (χ1) is 11.7. The molecule has 0 aliphatic heterocycles. The highest BCUT2D eigenvalue weighted by Crippen LogP contribution is 2.30. The van der Waals surface area contributed by atoms with Crippen LogP contribution in [0.2, 0.25) is 0 Å². The summed E-state index contributed by atoms with van der Waals surface area (Å²) in [4.78, 5) is 21.3. The van der Waals surface area contributed by atoms with Crippen LogP contribution in [0.4, 0.5) is 5.95 Å². The van der Waals surface area contributed by atoms with E-state index in [1.807, 2.05) is 54.6 Å². The van der Waals surface area contributed by atoms with Gasteiger partial charge in [-0.25, -0.2) is 10.1 Å². The summed E-state index contributed by atoms with van der Waals surface area (Å²) in [7, 11) is 0. The summed E-state index contributed by atoms with van der Waals surface area (Å²) in [5, 5.41) is 6.51. The maximum atomic E-state index is 12.8. The number of nitrogens with zero attached hydrogens (tertiary/aromatic N) is 3. The molecule has 3 aromatic rings. The van der Waals surface area contributed by atoms with E-state index in [0.29, 0.717) is 22.8 Å². The fraction of sp³-hybridized carbons (Fsp3) is 0. The summed E-state index contributed by atoms with van der Waals surface area (Å²) in [5.74, 6) is 0.336. The molecule has 0 saturated carbocycles. The van der Waals surface area contributed by atoms with Gasteiger partial charge in [0.1, 0.15) is 6.33 Å². The molecule has 24 heavy (non-hydrogen) atoms. The second-order valence-corrected chi connectivity index (χ2v) is 6.17. The molecule has 1 N–H and O–H groups in total. The summed E-state index contributed by atoms with van der Waals surface area (Å²) >= 11 is 3.41. The Morgan fingerprint density at radius 3 is 2.50 bits per heavy atom. The topological polar surface area (TPSA) is 71.0 Å². The van der Waals surface area contributed by atoms with Crippen molar-refractivity contribution >= 4 is 39.4 Å². The molecule has 116 valence electrons. The lowest BCUT2D eigenvalue weighted by atomic mass is 10.1. The number of benzene rings is 2. The smallest absolute Gasteiger partial charge is 0.245 e. The first kappa shape index (κ1) is 14.7. The summed E-state index contributed by atoms with van der Waals surface area (Å²) in [5.41, 5.74) is 3.55. The average molecular weight is 379 g/mol. The fourth-order valence-corrected chi connectivity index (χ4v) is 2.89. The van der Waals surface area contributed by atoms with Crippen molar-refractivity contribution in [2.45, 2.75) is 0 Å². The Labute approximate surface area is 146 Å². The van der Waals surface area contributed by atoms with Crippen molar-refractivity contribution < 1.29 is 4.79 Å². The van der Waals surface area contributed by atoms with E-state index in [1.54, 1.807) is 0 Å². The number of allylic oxidation sites excluding steroid dienone is 1. The number of ketones is 1. The highest BCUT2D eigenvalue weighted by molar-refractivity contribution is 9.10. The molecule has 0 amide bonds. The van der Waals surface area contributed by atoms with Crippen LogP contribution in [0.5, 0.6) is 0 Å². The number of H-pyrrole nitrogens is 1. The number of Topliss-reactive ketones (excluding diaryl/α,β-unsaturated/α-hetero) is 1. The zero-order valence-electron chi connectivity index (χ0n) is 12.4. The molecular weight excluding hydrogens is 368 g/mol. The molecule has 0 saturated heterocycles. The minimum atomic E-state index is -0.0354. The zero-order valence-corrected chi connectivity index (χ0v) is 14.0. The minimum Gasteiger partial charge on any atom is -0.289 e. The van der Waals surface area contributed by atoms with Gasteiger partial charge in [-0.05, 0) is 23.8 Å². The zero-order chi connectivity index (χ0) is 16.5. The molecule has 6 heteroatoms. The van der Waals surface area contributed by atoms with Gasteiger partial charge >= 0.3 is 0 Å². The normalized spacial score (nSPS) is 16.8. The Bertz CT molecular complexity index is 973. The van der Waals surface area contributed by atoms with E-state index in [1.165, 1.54) is 6.33 Å². The maximum absolute atomic E-state index is 12.8. The third kappa shape index (κ3) is 2.61. The van der Waals surface area contributed by atoms with Crippen molar-refractivity contribution in [2.24, 2.45) is 4.99 Å². The third-order valence-corrected chi connectivity index (χ3v) is 4.26. The Hall–Kier alpha value is -2.86. The van der Waals surface area contributed by atoms with Crippen LogP contribution in [-0.4, -0.2) is 26.7 Å². The summed E-state index contributed by atoms with van der Waals surface area (Å²) in [6.07, 6.45) is 3.24. The van der Waals surface area contributed by atoms with Gasteiger partial charge in [0.25, 0.3) is 0 Å². The van der Waals surface area contributed by atoms with Gasteiger partial charge in [-0.1, -0.05) is 52.3 Å². The summed E-state index contributed by atoms with van der Waals surface area (Å²) in [6, 6.07) is 15.2. The van der Waals surface area contributed by atoms with Gasteiger partial charge in [0.15, 0.2) is 5.78 Å². The number of halogens is 1. The van der Waals surface area contributed by atoms with Crippen LogP contribution < -0.4 is 0 Å². The molecule has 0 radical (unpaired) electrons. The van der Waals surface area contributed by atoms with Crippen molar-refractivity contribution in [3.8, 4) is 0 Å². The van der Waals surface area contributed by atoms with Crippen LogP contribution in [0.3, 0.4) is 0 Å². The van der Waals surface area contributed by atoms with Crippen molar-refractivity contribution in [1.82, 2.24) is 15.2 Å². The van der Waals surface area contributed by atoms with E-state index in [0.717, 1.165) is 15.6 Å². The number of rotatable bonds is 2. The lowest BCUT2D eigenvalue weighted by Gasteiger charge is -2.01. The highest BCUT2D eigenvalue weighted by atomic mass is 79.9. The summed E-state index contributed by atoms with van der Waals surface area (Å²) in [6.45, 7) is 0. The number of aromatic nitrogens is 3. The maximum Gasteiger partial charge on any atom is 0.245 e. The van der Waals surface area contributed by atoms with Crippen molar-refractivity contribution in [1.29, 1.82) is 0 Å². The SMILES string of the molecule is O=C1C(=Cc2ccc(Br)cc2)C(=Nc2ncn[nH]2)c2ccccc21. The average Bonchev–Trinajstić information content (AvgIpc) is 3.20. The molecule has 0 bridgehead atoms. The van der Waals surface area contributed by atoms with Gasteiger partial charge in [0.05, 0.1) is 5.71 Å². The van der Waals surface area contributed by atoms with E-state index >= 15 is 0 Å². The molecule has 1 aliphatic carbocycles. The van der Waals surface area contributed by atoms with Crippen molar-refractivity contribution in [3.05, 3.63) is 81.6 Å². The predicted octanol–water partition coefficient (Wildman–Crippen LogP) is 3.97. The van der Waals surface area contributed by atoms with Crippen molar-refractivity contribution in [2.75, 3.05) is 0 Å². The Morgan fingerprint density at radius 2 is 1.79 bits per heavy atom. The number of hydrogen-bond donors (Lipinski definition) is 1. The van der Waals surface area contributed by atoms with E-state index in [2.05, 4.69) is 36.1 Å². The number of nitrogens with one attached hydrogen (secondary N) is 1. The van der Waals surface area contributed by atoms with E-state index in [9.17, 15) is 4.79 Å². The van der Waals surface area contributed by atoms with E-state index in [4.69, 9.17) is 0 Å². The second kappa shape index (κ2) is 5.98. The third-order valence-electron chi connectivity index (χ3n) is 3.73. The Kier molecular flexibility index (Phi) is 3.66. The fourth-order valence-electron chi connectivity index (χ4n) is 2.62. The molecule has 1 heterocycles. The molecule has 4 rings (SSSR count). The van der Waals surface area contributed by atoms with E-state index in [-0.39, 0.29) is 5.78 Å². The molecule has 1 aromatic heterocycles. The van der Waals surface area contributed by atoms with Gasteiger partial charge in [-0.2, -0.15) is 10.1 Å². The highest BCUT2D eigenvalue weighted by Gasteiger charge is 2.31. The first-order valence-corrected chi connectivity index (χ1v) is 8.07. The van der Waals surface area contributed by atoms with Crippen LogP contribution in [-0.2, 0) is 0 Å². The molecule has 2 aromatic carbocycles. The van der Waals surface area contributed by atoms with Gasteiger partial charge in [-0.15, -0.1) is 0 Å². The Morgan fingerprint density at radius 1 is 1.04 bits per heavy atom. The summed E-state index contributed by atoms with van der Waals surface area (Å²) < 4.78 is 0.987. The quantitative estimate of drug-likeness (QED) is 0.685. The van der Waals surface area contributed by atoms with Crippen molar-refractivity contribution in [3.63, 3.8) is 0 Å². The number of carbonyl (C=O) groups excluding carboxylic acids is 1. The van der Waals surface area contributed by atoms with Crippen LogP contribution in [0.25, 0.3) is 6.08 Å². The minimum absolute atomic E-state index is 0.0354. The molecule has 0 unspecified atom stereocenters. The predicted molar refractivity (Wildman–Crippen MR) is 95.5 cm³/mol. The van der Waals surface area contributed by atoms with Gasteiger partial charge in [0.2, 0.25) is 5.95 Å². The van der Waals surface area contributed by atoms with Crippen LogP contribution in [0.15, 0.2) is 69.9 Å². The number of aromatic amines is 1. The monoisotopic (exact) mass is 378 g/mol. The lowest BCUT2D eigenvalue weighted by Crippen LogP contribution is -2.02. The molecule has 5 nitrogen and oxygen atoms in total. The second-order valence-electron chi connectivity index (χ2n) is 5.25. The largest absolute Gasteiger partial charge is 0.289 e. The van der Waals surface area contributed by atoms with Gasteiger partial charge in [0, 0.05) is 21.2 Å². The standard InChI is InChI=1S/C18H11BrN4O/c19-12-7-5-11(6-8-12)9-15-16(22-18-20-10-21-23-18)13-3-1-2-4-14(13)17(15)24/h1-10H,(H,20,21,23). The number of fused-ring (bicyclic) bond motifs is 1. The number of hydrogen-bond acceptors (Lipinski definition) is 4. The van der Waals surface area contributed by atoms with Crippen LogP contribution in [0.1, 0.15) is 21.5 Å². The number of aliphatic imine (C=N–C) groups is 1. The van der Waals surface area contributed by atoms with Crippen LogP contribution >= 0.6 is 15.9 Å². The molecule has 0 spiro atoms. The Balaban J connectivity index is 1.88.